The molecule has 0 aromatic heterocycles. The average molecular weight is 443 g/mol. The fourth-order valence-corrected chi connectivity index (χ4v) is 6.33. The molecule has 7 rings (SSSR count). The lowest BCUT2D eigenvalue weighted by Gasteiger charge is -2.37. The van der Waals surface area contributed by atoms with Crippen LogP contribution in [0.15, 0.2) is 60.7 Å². The Morgan fingerprint density at radius 3 is 2.30 bits per heavy atom. The Labute approximate surface area is 192 Å². The third-order valence-corrected chi connectivity index (χ3v) is 8.01. The number of aryl methyl sites for hydroxylation is 1. The maximum absolute atomic E-state index is 13.7. The summed E-state index contributed by atoms with van der Waals surface area (Å²) in [6, 6.07) is 14.5. The van der Waals surface area contributed by atoms with Gasteiger partial charge in [-0.15, -0.1) is 0 Å². The number of carbonyl (C=O) groups excluding carboxylic acids is 3. The lowest BCUT2D eigenvalue weighted by Crippen LogP contribution is -2.45. The summed E-state index contributed by atoms with van der Waals surface area (Å²) in [6.45, 7) is 1.84. The van der Waals surface area contributed by atoms with Crippen LogP contribution >= 0.6 is 0 Å². The van der Waals surface area contributed by atoms with Gasteiger partial charge >= 0.3 is 0 Å². The van der Waals surface area contributed by atoms with E-state index in [9.17, 15) is 14.4 Å². The second kappa shape index (κ2) is 7.30. The molecule has 0 spiro atoms. The molecule has 6 nitrogen and oxygen atoms in total. The van der Waals surface area contributed by atoms with Crippen LogP contribution in [0.4, 0.5) is 5.69 Å². The van der Waals surface area contributed by atoms with Crippen molar-refractivity contribution in [3.63, 3.8) is 0 Å². The van der Waals surface area contributed by atoms with Gasteiger partial charge in [0.1, 0.15) is 12.4 Å². The highest BCUT2D eigenvalue weighted by atomic mass is 16.5. The summed E-state index contributed by atoms with van der Waals surface area (Å²) >= 11 is 0. The number of amides is 3. The van der Waals surface area contributed by atoms with Gasteiger partial charge in [-0.05, 0) is 66.8 Å². The first-order valence-corrected chi connectivity index (χ1v) is 11.5. The van der Waals surface area contributed by atoms with Crippen molar-refractivity contribution in [2.45, 2.75) is 13.3 Å². The molecule has 5 aliphatic rings. The summed E-state index contributed by atoms with van der Waals surface area (Å²) in [6.07, 6.45) is 5.45. The number of allylic oxidation sites excluding steroid dienone is 2. The third kappa shape index (κ3) is 2.96. The fraction of sp³-hybridized carbons (Fsp3) is 0.370. The van der Waals surface area contributed by atoms with Gasteiger partial charge in [-0.2, -0.15) is 0 Å². The number of hydrogen-bond donors (Lipinski definition) is 0. The number of para-hydroxylation sites is 1. The molecule has 3 amide bonds. The van der Waals surface area contributed by atoms with Crippen LogP contribution in [0.5, 0.6) is 5.75 Å². The number of nitrogens with zero attached hydrogens (tertiary/aromatic N) is 2. The molecule has 1 aliphatic heterocycles. The molecule has 4 aliphatic carbocycles. The Morgan fingerprint density at radius 1 is 1.00 bits per heavy atom. The van der Waals surface area contributed by atoms with Crippen LogP contribution < -0.4 is 9.64 Å². The molecule has 2 saturated carbocycles. The average Bonchev–Trinajstić information content (AvgIpc) is 3.63. The monoisotopic (exact) mass is 442 g/mol. The lowest BCUT2D eigenvalue weighted by molar-refractivity contribution is -0.140. The van der Waals surface area contributed by atoms with E-state index in [1.807, 2.05) is 31.2 Å². The van der Waals surface area contributed by atoms with Crippen molar-refractivity contribution in [1.29, 1.82) is 0 Å². The highest BCUT2D eigenvalue weighted by Gasteiger charge is 2.67. The van der Waals surface area contributed by atoms with Gasteiger partial charge in [-0.25, -0.2) is 0 Å². The SMILES string of the molecule is COc1cccc(C(=O)N(CN2C(=O)[C@@H]3[C@@H]4C=C[C@H]([C@H]5C[C@H]45)[C@@H]3C2=O)c2ccccc2C)c1. The number of methoxy groups -OCH3 is 1. The first kappa shape index (κ1) is 20.2. The van der Waals surface area contributed by atoms with Crippen molar-refractivity contribution in [2.75, 3.05) is 18.7 Å². The van der Waals surface area contributed by atoms with Gasteiger partial charge in [0.2, 0.25) is 11.8 Å². The summed E-state index contributed by atoms with van der Waals surface area (Å²) in [4.78, 5) is 43.6. The molecule has 168 valence electrons. The zero-order chi connectivity index (χ0) is 22.9. The van der Waals surface area contributed by atoms with Crippen LogP contribution in [0.2, 0.25) is 0 Å². The van der Waals surface area contributed by atoms with Gasteiger partial charge in [0, 0.05) is 11.3 Å². The fourth-order valence-electron chi connectivity index (χ4n) is 6.33. The van der Waals surface area contributed by atoms with Crippen LogP contribution in [0.25, 0.3) is 0 Å². The molecular formula is C27H26N2O4. The van der Waals surface area contributed by atoms with Crippen LogP contribution in [-0.4, -0.2) is 36.4 Å². The smallest absolute Gasteiger partial charge is 0.259 e. The minimum Gasteiger partial charge on any atom is -0.497 e. The molecule has 0 N–H and O–H groups in total. The molecule has 2 aromatic rings. The van der Waals surface area contributed by atoms with Crippen molar-refractivity contribution in [1.82, 2.24) is 4.90 Å². The van der Waals surface area contributed by atoms with E-state index >= 15 is 0 Å². The van der Waals surface area contributed by atoms with Crippen molar-refractivity contribution in [3.8, 4) is 5.75 Å². The third-order valence-electron chi connectivity index (χ3n) is 8.01. The van der Waals surface area contributed by atoms with Gasteiger partial charge in [0.25, 0.3) is 5.91 Å². The minimum absolute atomic E-state index is 0.0830. The maximum Gasteiger partial charge on any atom is 0.259 e. The highest BCUT2D eigenvalue weighted by Crippen LogP contribution is 2.65. The van der Waals surface area contributed by atoms with Crippen LogP contribution in [0, 0.1) is 42.4 Å². The number of rotatable bonds is 5. The van der Waals surface area contributed by atoms with Gasteiger partial charge in [0.05, 0.1) is 18.9 Å². The Morgan fingerprint density at radius 2 is 1.67 bits per heavy atom. The summed E-state index contributed by atoms with van der Waals surface area (Å²) in [7, 11) is 1.55. The molecule has 3 fully saturated rings. The molecular weight excluding hydrogens is 416 g/mol. The lowest BCUT2D eigenvalue weighted by atomic mass is 9.63. The van der Waals surface area contributed by atoms with Crippen LogP contribution in [0.3, 0.4) is 0 Å². The van der Waals surface area contributed by atoms with Crippen molar-refractivity contribution < 1.29 is 19.1 Å². The Bertz CT molecular complexity index is 1170. The van der Waals surface area contributed by atoms with E-state index < -0.39 is 0 Å². The summed E-state index contributed by atoms with van der Waals surface area (Å²) in [5, 5.41) is 0. The predicted molar refractivity (Wildman–Crippen MR) is 122 cm³/mol. The molecule has 2 bridgehead atoms. The van der Waals surface area contributed by atoms with Crippen molar-refractivity contribution >= 4 is 23.4 Å². The van der Waals surface area contributed by atoms with Crippen LogP contribution in [-0.2, 0) is 9.59 Å². The topological polar surface area (TPSA) is 66.9 Å². The standard InChI is InChI=1S/C27H26N2O4/c1-15-6-3-4-9-22(15)28(25(30)16-7-5-8-17(12-16)33-2)14-29-26(31)23-18-10-11-19(21-13-20(18)21)24(23)27(29)32/h3-12,18-21,23-24H,13-14H2,1-2H3/t18-,19-,20-,21-,23-,24+/m1/s1. The quantitative estimate of drug-likeness (QED) is 0.524. The molecule has 6 heteroatoms. The van der Waals surface area contributed by atoms with E-state index in [1.165, 1.54) is 4.90 Å². The molecule has 0 radical (unpaired) electrons. The Hall–Kier alpha value is -3.41. The van der Waals surface area contributed by atoms with Gasteiger partial charge < -0.3 is 4.74 Å². The molecule has 33 heavy (non-hydrogen) atoms. The molecule has 1 saturated heterocycles. The number of hydrogen-bond acceptors (Lipinski definition) is 4. The maximum atomic E-state index is 13.7. The number of ether oxygens (including phenoxy) is 1. The zero-order valence-corrected chi connectivity index (χ0v) is 18.7. The second-order valence-electron chi connectivity index (χ2n) is 9.65. The number of likely N-dealkylation sites (tertiary alicyclic amines) is 1. The molecule has 2 aromatic carbocycles. The van der Waals surface area contributed by atoms with Gasteiger partial charge in [-0.3, -0.25) is 24.2 Å². The van der Waals surface area contributed by atoms with Gasteiger partial charge in [-0.1, -0.05) is 36.4 Å². The van der Waals surface area contributed by atoms with Gasteiger partial charge in [0.15, 0.2) is 0 Å². The summed E-state index contributed by atoms with van der Waals surface area (Å²) in [5.74, 6) is 0.893. The summed E-state index contributed by atoms with van der Waals surface area (Å²) < 4.78 is 5.29. The van der Waals surface area contributed by atoms with Crippen molar-refractivity contribution in [3.05, 3.63) is 71.8 Å². The van der Waals surface area contributed by atoms with Crippen LogP contribution in [0.1, 0.15) is 22.3 Å². The molecule has 1 heterocycles. The van der Waals surface area contributed by atoms with E-state index in [0.717, 1.165) is 12.0 Å². The number of anilines is 1. The van der Waals surface area contributed by atoms with Crippen molar-refractivity contribution in [2.24, 2.45) is 35.5 Å². The molecule has 6 atom stereocenters. The first-order chi connectivity index (χ1) is 16.0. The van der Waals surface area contributed by atoms with E-state index in [4.69, 9.17) is 4.74 Å². The summed E-state index contributed by atoms with van der Waals surface area (Å²) in [5.41, 5.74) is 2.02. The first-order valence-electron chi connectivity index (χ1n) is 11.5. The second-order valence-corrected chi connectivity index (χ2v) is 9.65. The largest absolute Gasteiger partial charge is 0.497 e. The number of carbonyl (C=O) groups is 3. The highest BCUT2D eigenvalue weighted by molar-refractivity contribution is 6.10. The van der Waals surface area contributed by atoms with E-state index in [2.05, 4.69) is 12.2 Å². The number of imide groups is 1. The number of benzene rings is 2. The normalized spacial score (nSPS) is 30.8. The van der Waals surface area contributed by atoms with E-state index in [0.29, 0.717) is 28.8 Å². The zero-order valence-electron chi connectivity index (χ0n) is 18.7. The molecule has 0 unspecified atom stereocenters. The van der Waals surface area contributed by atoms with E-state index in [1.54, 1.807) is 36.3 Å². The minimum atomic E-state index is -0.276. The van der Waals surface area contributed by atoms with E-state index in [-0.39, 0.29) is 48.1 Å². The Kier molecular flexibility index (Phi) is 4.47. The Balaban J connectivity index is 1.35. The predicted octanol–water partition coefficient (Wildman–Crippen LogP) is 3.66.